The van der Waals surface area contributed by atoms with E-state index in [4.69, 9.17) is 4.74 Å². The van der Waals surface area contributed by atoms with Crippen molar-refractivity contribution in [2.24, 2.45) is 0 Å². The van der Waals surface area contributed by atoms with Gasteiger partial charge in [-0.25, -0.2) is 0 Å². The molecular weight excluding hydrogens is 256 g/mol. The second kappa shape index (κ2) is 6.08. The topological polar surface area (TPSA) is 34.1 Å². The van der Waals surface area contributed by atoms with Crippen molar-refractivity contribution in [1.82, 2.24) is 10.3 Å². The molecule has 1 atom stereocenters. The predicted molar refractivity (Wildman–Crippen MR) is 65.6 cm³/mol. The van der Waals surface area contributed by atoms with Gasteiger partial charge in [-0.15, -0.1) is 0 Å². The van der Waals surface area contributed by atoms with Crippen LogP contribution in [0.1, 0.15) is 18.3 Å². The first-order valence-electron chi connectivity index (χ1n) is 4.96. The standard InChI is InChI=1S/C11H17BrN2O/c1-8-4-11(15-3)5-10(14-8)7-13-9(2)6-12/h4-5,9,13H,6-7H2,1-3H3. The van der Waals surface area contributed by atoms with Crippen LogP contribution in [0.2, 0.25) is 0 Å². The first kappa shape index (κ1) is 12.5. The Bertz CT molecular complexity index is 317. The number of alkyl halides is 1. The fraction of sp³-hybridized carbons (Fsp3) is 0.545. The van der Waals surface area contributed by atoms with E-state index < -0.39 is 0 Å². The molecule has 0 amide bonds. The lowest BCUT2D eigenvalue weighted by Crippen LogP contribution is -2.27. The quantitative estimate of drug-likeness (QED) is 0.836. The molecule has 1 unspecified atom stereocenters. The van der Waals surface area contributed by atoms with Crippen LogP contribution in [0.15, 0.2) is 12.1 Å². The lowest BCUT2D eigenvalue weighted by atomic mass is 10.2. The van der Waals surface area contributed by atoms with Crippen molar-refractivity contribution in [3.63, 3.8) is 0 Å². The number of methoxy groups -OCH3 is 1. The number of aryl methyl sites for hydroxylation is 1. The number of aromatic nitrogens is 1. The molecular formula is C11H17BrN2O. The first-order chi connectivity index (χ1) is 7.15. The third kappa shape index (κ3) is 4.18. The van der Waals surface area contributed by atoms with Crippen LogP contribution in [-0.2, 0) is 6.54 Å². The zero-order valence-corrected chi connectivity index (χ0v) is 11.0. The normalized spacial score (nSPS) is 12.5. The third-order valence-corrected chi connectivity index (χ3v) is 3.05. The van der Waals surface area contributed by atoms with Crippen LogP contribution < -0.4 is 10.1 Å². The van der Waals surface area contributed by atoms with E-state index in [-0.39, 0.29) is 0 Å². The van der Waals surface area contributed by atoms with Crippen LogP contribution in [0, 0.1) is 6.92 Å². The summed E-state index contributed by atoms with van der Waals surface area (Å²) in [4.78, 5) is 4.43. The summed E-state index contributed by atoms with van der Waals surface area (Å²) in [6.45, 7) is 4.87. The Hall–Kier alpha value is -0.610. The molecule has 1 rings (SSSR count). The van der Waals surface area contributed by atoms with Gasteiger partial charge in [0.1, 0.15) is 5.75 Å². The Morgan fingerprint density at radius 1 is 1.53 bits per heavy atom. The fourth-order valence-corrected chi connectivity index (χ4v) is 1.47. The van der Waals surface area contributed by atoms with E-state index in [1.165, 1.54) is 0 Å². The first-order valence-corrected chi connectivity index (χ1v) is 6.08. The van der Waals surface area contributed by atoms with Gasteiger partial charge in [0.05, 0.1) is 12.8 Å². The highest BCUT2D eigenvalue weighted by Gasteiger charge is 2.02. The summed E-state index contributed by atoms with van der Waals surface area (Å²) in [7, 11) is 1.67. The minimum atomic E-state index is 0.443. The highest BCUT2D eigenvalue weighted by atomic mass is 79.9. The fourth-order valence-electron chi connectivity index (χ4n) is 1.24. The van der Waals surface area contributed by atoms with Gasteiger partial charge in [0.25, 0.3) is 0 Å². The van der Waals surface area contributed by atoms with Gasteiger partial charge in [-0.3, -0.25) is 4.98 Å². The maximum atomic E-state index is 5.19. The van der Waals surface area contributed by atoms with E-state index in [1.54, 1.807) is 7.11 Å². The van der Waals surface area contributed by atoms with Crippen LogP contribution in [0.3, 0.4) is 0 Å². The Morgan fingerprint density at radius 2 is 2.27 bits per heavy atom. The van der Waals surface area contributed by atoms with Crippen molar-refractivity contribution in [2.45, 2.75) is 26.4 Å². The second-order valence-corrected chi connectivity index (χ2v) is 4.22. The molecule has 0 spiro atoms. The number of nitrogens with zero attached hydrogens (tertiary/aromatic N) is 1. The van der Waals surface area contributed by atoms with Crippen LogP contribution in [0.5, 0.6) is 5.75 Å². The van der Waals surface area contributed by atoms with Crippen LogP contribution in [0.4, 0.5) is 0 Å². The monoisotopic (exact) mass is 272 g/mol. The molecule has 0 aliphatic rings. The van der Waals surface area contributed by atoms with E-state index >= 15 is 0 Å². The molecule has 84 valence electrons. The summed E-state index contributed by atoms with van der Waals surface area (Å²) in [5.74, 6) is 0.866. The Labute approximate surface area is 99.4 Å². The molecule has 0 fully saturated rings. The maximum absolute atomic E-state index is 5.19. The Balaban J connectivity index is 2.64. The van der Waals surface area contributed by atoms with Gasteiger partial charge in [-0.1, -0.05) is 15.9 Å². The van der Waals surface area contributed by atoms with Gasteiger partial charge in [-0.2, -0.15) is 0 Å². The molecule has 0 aromatic carbocycles. The highest BCUT2D eigenvalue weighted by Crippen LogP contribution is 2.13. The third-order valence-electron chi connectivity index (χ3n) is 2.08. The van der Waals surface area contributed by atoms with Crippen molar-refractivity contribution < 1.29 is 4.74 Å². The molecule has 0 aliphatic heterocycles. The molecule has 0 bridgehead atoms. The minimum absolute atomic E-state index is 0.443. The van der Waals surface area contributed by atoms with E-state index in [0.29, 0.717) is 6.04 Å². The van der Waals surface area contributed by atoms with Gasteiger partial charge in [-0.05, 0) is 13.8 Å². The largest absolute Gasteiger partial charge is 0.497 e. The maximum Gasteiger partial charge on any atom is 0.122 e. The lowest BCUT2D eigenvalue weighted by molar-refractivity contribution is 0.412. The van der Waals surface area contributed by atoms with Gasteiger partial charge < -0.3 is 10.1 Å². The molecule has 0 radical (unpaired) electrons. The van der Waals surface area contributed by atoms with Gasteiger partial charge in [0.15, 0.2) is 0 Å². The molecule has 0 aliphatic carbocycles. The van der Waals surface area contributed by atoms with Crippen molar-refractivity contribution in [3.05, 3.63) is 23.5 Å². The van der Waals surface area contributed by atoms with Crippen molar-refractivity contribution in [3.8, 4) is 5.75 Å². The predicted octanol–water partition coefficient (Wildman–Crippen LogP) is 2.27. The number of pyridine rings is 1. The van der Waals surface area contributed by atoms with E-state index in [2.05, 4.69) is 33.2 Å². The molecule has 0 saturated carbocycles. The van der Waals surface area contributed by atoms with Gasteiger partial charge in [0, 0.05) is 35.7 Å². The summed E-state index contributed by atoms with van der Waals surface area (Å²) in [6, 6.07) is 4.33. The number of halogens is 1. The van der Waals surface area contributed by atoms with Crippen LogP contribution >= 0.6 is 15.9 Å². The highest BCUT2D eigenvalue weighted by molar-refractivity contribution is 9.09. The van der Waals surface area contributed by atoms with Crippen LogP contribution in [0.25, 0.3) is 0 Å². The molecule has 0 saturated heterocycles. The van der Waals surface area contributed by atoms with Gasteiger partial charge >= 0.3 is 0 Å². The Kier molecular flexibility index (Phi) is 5.05. The molecule has 15 heavy (non-hydrogen) atoms. The van der Waals surface area contributed by atoms with Crippen molar-refractivity contribution in [2.75, 3.05) is 12.4 Å². The van der Waals surface area contributed by atoms with Gasteiger partial charge in [0.2, 0.25) is 0 Å². The van der Waals surface area contributed by atoms with Crippen LogP contribution in [-0.4, -0.2) is 23.5 Å². The Morgan fingerprint density at radius 3 is 2.87 bits per heavy atom. The number of nitrogens with one attached hydrogen (secondary N) is 1. The van der Waals surface area contributed by atoms with E-state index in [1.807, 2.05) is 19.1 Å². The summed E-state index contributed by atoms with van der Waals surface area (Å²) < 4.78 is 5.19. The van der Waals surface area contributed by atoms with E-state index in [9.17, 15) is 0 Å². The van der Waals surface area contributed by atoms with Crippen molar-refractivity contribution in [1.29, 1.82) is 0 Å². The molecule has 1 aromatic rings. The molecule has 3 nitrogen and oxygen atoms in total. The zero-order chi connectivity index (χ0) is 11.3. The molecule has 1 heterocycles. The summed E-state index contributed by atoms with van der Waals surface area (Å²) in [5.41, 5.74) is 2.00. The van der Waals surface area contributed by atoms with E-state index in [0.717, 1.165) is 29.0 Å². The lowest BCUT2D eigenvalue weighted by Gasteiger charge is -2.11. The second-order valence-electron chi connectivity index (χ2n) is 3.58. The molecule has 4 heteroatoms. The van der Waals surface area contributed by atoms with Crippen molar-refractivity contribution >= 4 is 15.9 Å². The average molecular weight is 273 g/mol. The zero-order valence-electron chi connectivity index (χ0n) is 9.38. The molecule has 1 aromatic heterocycles. The average Bonchev–Trinajstić information content (AvgIpc) is 2.25. The minimum Gasteiger partial charge on any atom is -0.497 e. The number of hydrogen-bond acceptors (Lipinski definition) is 3. The summed E-state index contributed by atoms with van der Waals surface area (Å²) in [5, 5.41) is 4.30. The summed E-state index contributed by atoms with van der Waals surface area (Å²) >= 11 is 3.42. The number of hydrogen-bond donors (Lipinski definition) is 1. The molecule has 1 N–H and O–H groups in total. The number of rotatable bonds is 5. The number of ether oxygens (including phenoxy) is 1. The smallest absolute Gasteiger partial charge is 0.122 e. The summed E-state index contributed by atoms with van der Waals surface area (Å²) in [6.07, 6.45) is 0. The SMILES string of the molecule is COc1cc(C)nc(CNC(C)CBr)c1.